The molecule has 1 fully saturated rings. The molecule has 1 aliphatic rings. The number of carbonyl (C=O) groups is 1. The molecule has 1 unspecified atom stereocenters. The lowest BCUT2D eigenvalue weighted by molar-refractivity contribution is -0.0944. The molecule has 38 heavy (non-hydrogen) atoms. The Kier molecular flexibility index (Phi) is 8.05. The number of hydrogen-bond acceptors (Lipinski definition) is 6. The van der Waals surface area contributed by atoms with E-state index in [1.807, 2.05) is 24.3 Å². The SMILES string of the molecule is COCn1c(C(N)=O)cc2c(OCC(O)COC3CN(C(c4ccccc4)c4ccccc4)C3)cccc21. The van der Waals surface area contributed by atoms with Gasteiger partial charge in [0.25, 0.3) is 5.91 Å². The van der Waals surface area contributed by atoms with Gasteiger partial charge in [0, 0.05) is 25.6 Å². The number of carbonyl (C=O) groups excluding carboxylic acids is 1. The number of aliphatic hydroxyl groups is 1. The zero-order valence-corrected chi connectivity index (χ0v) is 21.4. The number of benzene rings is 3. The third-order valence-corrected chi connectivity index (χ3v) is 6.84. The first-order valence-corrected chi connectivity index (χ1v) is 12.7. The maximum Gasteiger partial charge on any atom is 0.265 e. The third-order valence-electron chi connectivity index (χ3n) is 6.84. The molecule has 8 nitrogen and oxygen atoms in total. The summed E-state index contributed by atoms with van der Waals surface area (Å²) in [5.74, 6) is 0.0104. The van der Waals surface area contributed by atoms with Crippen LogP contribution in [0.15, 0.2) is 84.9 Å². The van der Waals surface area contributed by atoms with Crippen molar-refractivity contribution in [3.05, 3.63) is 102 Å². The number of rotatable bonds is 12. The van der Waals surface area contributed by atoms with E-state index in [-0.39, 0.29) is 32.1 Å². The molecule has 2 heterocycles. The van der Waals surface area contributed by atoms with E-state index in [0.29, 0.717) is 11.4 Å². The van der Waals surface area contributed by atoms with Gasteiger partial charge in [0.2, 0.25) is 0 Å². The number of primary amides is 1. The normalized spacial score (nSPS) is 15.0. The van der Waals surface area contributed by atoms with Gasteiger partial charge in [-0.3, -0.25) is 9.69 Å². The number of nitrogens with two attached hydrogens (primary N) is 1. The topological polar surface area (TPSA) is 99.2 Å². The molecule has 0 spiro atoms. The molecule has 0 saturated carbocycles. The van der Waals surface area contributed by atoms with E-state index in [1.165, 1.54) is 11.1 Å². The van der Waals surface area contributed by atoms with Gasteiger partial charge in [0.15, 0.2) is 0 Å². The molecule has 0 aliphatic carbocycles. The number of aromatic nitrogens is 1. The first-order valence-electron chi connectivity index (χ1n) is 12.7. The van der Waals surface area contributed by atoms with Gasteiger partial charge in [-0.2, -0.15) is 0 Å². The van der Waals surface area contributed by atoms with E-state index >= 15 is 0 Å². The van der Waals surface area contributed by atoms with E-state index in [0.717, 1.165) is 24.0 Å². The van der Waals surface area contributed by atoms with Crippen LogP contribution in [0.1, 0.15) is 27.7 Å². The Labute approximate surface area is 222 Å². The number of fused-ring (bicyclic) bond motifs is 1. The van der Waals surface area contributed by atoms with Gasteiger partial charge < -0.3 is 29.6 Å². The molecular formula is C30H33N3O5. The van der Waals surface area contributed by atoms with E-state index in [1.54, 1.807) is 23.8 Å². The zero-order chi connectivity index (χ0) is 26.5. The average molecular weight is 516 g/mol. The molecule has 8 heteroatoms. The number of methoxy groups -OCH3 is 1. The quantitative estimate of drug-likeness (QED) is 0.299. The highest BCUT2D eigenvalue weighted by Crippen LogP contribution is 2.33. The maximum absolute atomic E-state index is 11.9. The molecule has 0 radical (unpaired) electrons. The minimum atomic E-state index is -0.796. The monoisotopic (exact) mass is 515 g/mol. The smallest absolute Gasteiger partial charge is 0.265 e. The Morgan fingerprint density at radius 1 is 0.974 bits per heavy atom. The van der Waals surface area contributed by atoms with E-state index in [9.17, 15) is 9.90 Å². The third kappa shape index (κ3) is 5.58. The van der Waals surface area contributed by atoms with Crippen LogP contribution in [-0.2, 0) is 16.2 Å². The lowest BCUT2D eigenvalue weighted by atomic mass is 9.94. The fourth-order valence-corrected chi connectivity index (χ4v) is 5.01. The molecule has 5 rings (SSSR count). The highest BCUT2D eigenvalue weighted by atomic mass is 16.5. The van der Waals surface area contributed by atoms with Gasteiger partial charge in [0.1, 0.15) is 30.9 Å². The summed E-state index contributed by atoms with van der Waals surface area (Å²) in [7, 11) is 1.55. The van der Waals surface area contributed by atoms with Gasteiger partial charge in [0.05, 0.1) is 24.3 Å². The number of aliphatic hydroxyl groups excluding tert-OH is 1. The summed E-state index contributed by atoms with van der Waals surface area (Å²) >= 11 is 0. The van der Waals surface area contributed by atoms with Crippen molar-refractivity contribution in [2.75, 3.05) is 33.4 Å². The van der Waals surface area contributed by atoms with Crippen LogP contribution >= 0.6 is 0 Å². The largest absolute Gasteiger partial charge is 0.490 e. The Morgan fingerprint density at radius 2 is 1.63 bits per heavy atom. The zero-order valence-electron chi connectivity index (χ0n) is 21.4. The van der Waals surface area contributed by atoms with Crippen molar-refractivity contribution in [1.29, 1.82) is 0 Å². The number of likely N-dealkylation sites (tertiary alicyclic amines) is 1. The molecule has 198 valence electrons. The van der Waals surface area contributed by atoms with Crippen molar-refractivity contribution >= 4 is 16.8 Å². The summed E-state index contributed by atoms with van der Waals surface area (Å²) in [5.41, 5.74) is 9.15. The van der Waals surface area contributed by atoms with Crippen LogP contribution in [0.5, 0.6) is 5.75 Å². The van der Waals surface area contributed by atoms with Crippen LogP contribution in [-0.4, -0.2) is 66.1 Å². The lowest BCUT2D eigenvalue weighted by Gasteiger charge is -2.44. The van der Waals surface area contributed by atoms with Crippen LogP contribution < -0.4 is 10.5 Å². The molecule has 1 amide bonds. The summed E-state index contributed by atoms with van der Waals surface area (Å²) in [6, 6.07) is 28.3. The molecule has 1 aliphatic heterocycles. The van der Waals surface area contributed by atoms with Crippen molar-refractivity contribution < 1.29 is 24.1 Å². The standard InChI is InChI=1S/C30H33N3O5/c1-36-20-33-26-13-8-14-28(25(26)15-27(33)30(31)35)38-19-23(34)18-37-24-16-32(17-24)29(21-9-4-2-5-10-21)22-11-6-3-7-12-22/h2-15,23-24,29,34H,16-20H2,1H3,(H2,31,35). The van der Waals surface area contributed by atoms with Crippen molar-refractivity contribution in [3.63, 3.8) is 0 Å². The summed E-state index contributed by atoms with van der Waals surface area (Å²) in [6.45, 7) is 1.99. The van der Waals surface area contributed by atoms with Gasteiger partial charge in [-0.25, -0.2) is 0 Å². The second-order valence-corrected chi connectivity index (χ2v) is 9.53. The van der Waals surface area contributed by atoms with E-state index in [2.05, 4.69) is 53.4 Å². The van der Waals surface area contributed by atoms with Crippen LogP contribution in [0.25, 0.3) is 10.9 Å². The Hall–Kier alpha value is -3.69. The second kappa shape index (κ2) is 11.8. The van der Waals surface area contributed by atoms with Crippen molar-refractivity contribution in [3.8, 4) is 5.75 Å². The Balaban J connectivity index is 1.16. The molecule has 1 atom stereocenters. The summed E-state index contributed by atoms with van der Waals surface area (Å²) in [6.07, 6.45) is -0.751. The minimum Gasteiger partial charge on any atom is -0.490 e. The molecule has 1 aromatic heterocycles. The number of nitrogens with zero attached hydrogens (tertiary/aromatic N) is 2. The summed E-state index contributed by atoms with van der Waals surface area (Å²) in [4.78, 5) is 14.3. The molecule has 4 aromatic rings. The highest BCUT2D eigenvalue weighted by molar-refractivity contribution is 5.99. The van der Waals surface area contributed by atoms with Crippen molar-refractivity contribution in [2.24, 2.45) is 5.73 Å². The van der Waals surface area contributed by atoms with Crippen LogP contribution in [0.4, 0.5) is 0 Å². The second-order valence-electron chi connectivity index (χ2n) is 9.53. The fourth-order valence-electron chi connectivity index (χ4n) is 5.01. The van der Waals surface area contributed by atoms with Gasteiger partial charge in [-0.1, -0.05) is 66.7 Å². The molecule has 3 aromatic carbocycles. The van der Waals surface area contributed by atoms with Gasteiger partial charge in [-0.05, 0) is 29.3 Å². The number of hydrogen-bond donors (Lipinski definition) is 2. The predicted octanol–water partition coefficient (Wildman–Crippen LogP) is 3.57. The maximum atomic E-state index is 11.9. The predicted molar refractivity (Wildman–Crippen MR) is 145 cm³/mol. The minimum absolute atomic E-state index is 0.0456. The number of ether oxygens (including phenoxy) is 3. The lowest BCUT2D eigenvalue weighted by Crippen LogP contribution is -2.54. The van der Waals surface area contributed by atoms with E-state index < -0.39 is 12.0 Å². The first kappa shape index (κ1) is 25.9. The van der Waals surface area contributed by atoms with Crippen molar-refractivity contribution in [1.82, 2.24) is 9.47 Å². The molecule has 1 saturated heterocycles. The van der Waals surface area contributed by atoms with Crippen LogP contribution in [0, 0.1) is 0 Å². The van der Waals surface area contributed by atoms with Crippen molar-refractivity contribution in [2.45, 2.75) is 25.0 Å². The van der Waals surface area contributed by atoms with Gasteiger partial charge >= 0.3 is 0 Å². The average Bonchev–Trinajstić information content (AvgIpc) is 3.29. The number of amides is 1. The molecular weight excluding hydrogens is 482 g/mol. The van der Waals surface area contributed by atoms with Crippen LogP contribution in [0.2, 0.25) is 0 Å². The van der Waals surface area contributed by atoms with Gasteiger partial charge in [-0.15, -0.1) is 0 Å². The summed E-state index contributed by atoms with van der Waals surface area (Å²) < 4.78 is 18.8. The van der Waals surface area contributed by atoms with E-state index in [4.69, 9.17) is 19.9 Å². The molecule has 0 bridgehead atoms. The Morgan fingerprint density at radius 3 is 2.24 bits per heavy atom. The molecule has 3 N–H and O–H groups in total. The first-order chi connectivity index (χ1) is 18.5. The van der Waals surface area contributed by atoms with Crippen LogP contribution in [0.3, 0.4) is 0 Å². The highest BCUT2D eigenvalue weighted by Gasteiger charge is 2.35. The fraction of sp³-hybridized carbons (Fsp3) is 0.300. The Bertz CT molecular complexity index is 1310. The summed E-state index contributed by atoms with van der Waals surface area (Å²) in [5, 5.41) is 11.3.